The topological polar surface area (TPSA) is 43.1 Å². The van der Waals surface area contributed by atoms with E-state index in [4.69, 9.17) is 0 Å². The van der Waals surface area contributed by atoms with Crippen molar-refractivity contribution in [2.45, 2.75) is 13.3 Å². The van der Waals surface area contributed by atoms with Gasteiger partial charge in [-0.1, -0.05) is 5.16 Å². The Balaban J connectivity index is 2.85. The SMILES string of the molecule is Cc1cc(C(=O)C(F)F)no1. The predicted molar refractivity (Wildman–Crippen MR) is 31.6 cm³/mol. The first kappa shape index (κ1) is 7.84. The molecular formula is C6H5F2NO2. The van der Waals surface area contributed by atoms with Crippen LogP contribution in [0, 0.1) is 6.92 Å². The van der Waals surface area contributed by atoms with E-state index in [1.807, 2.05) is 0 Å². The van der Waals surface area contributed by atoms with Crippen molar-refractivity contribution >= 4 is 5.78 Å². The molecular weight excluding hydrogens is 156 g/mol. The van der Waals surface area contributed by atoms with Crippen molar-refractivity contribution in [1.82, 2.24) is 5.16 Å². The minimum absolute atomic E-state index is 0.322. The average Bonchev–Trinajstić information content (AvgIpc) is 2.34. The fraction of sp³-hybridized carbons (Fsp3) is 0.333. The maximum absolute atomic E-state index is 11.7. The first-order chi connectivity index (χ1) is 5.11. The molecule has 0 aliphatic carbocycles. The number of carbonyl (C=O) groups excluding carboxylic acids is 1. The fourth-order valence-electron chi connectivity index (χ4n) is 0.594. The number of alkyl halides is 2. The van der Waals surface area contributed by atoms with Crippen molar-refractivity contribution in [2.75, 3.05) is 0 Å². The molecule has 3 nitrogen and oxygen atoms in total. The van der Waals surface area contributed by atoms with Gasteiger partial charge in [0, 0.05) is 6.07 Å². The molecule has 0 fully saturated rings. The Bertz CT molecular complexity index is 269. The van der Waals surface area contributed by atoms with E-state index >= 15 is 0 Å². The number of hydrogen-bond acceptors (Lipinski definition) is 3. The quantitative estimate of drug-likeness (QED) is 0.616. The lowest BCUT2D eigenvalue weighted by Crippen LogP contribution is -2.10. The number of carbonyl (C=O) groups is 1. The third kappa shape index (κ3) is 1.60. The molecule has 1 heterocycles. The predicted octanol–water partition coefficient (Wildman–Crippen LogP) is 1.43. The Kier molecular flexibility index (Phi) is 1.98. The first-order valence-corrected chi connectivity index (χ1v) is 2.87. The molecule has 0 unspecified atom stereocenters. The summed E-state index contributed by atoms with van der Waals surface area (Å²) in [6.07, 6.45) is -3.01. The second kappa shape index (κ2) is 2.77. The monoisotopic (exact) mass is 161 g/mol. The lowest BCUT2D eigenvalue weighted by molar-refractivity contribution is 0.0669. The van der Waals surface area contributed by atoms with Gasteiger partial charge in [0.15, 0.2) is 5.69 Å². The number of halogens is 2. The maximum atomic E-state index is 11.7. The van der Waals surface area contributed by atoms with Crippen LogP contribution in [-0.4, -0.2) is 17.4 Å². The van der Waals surface area contributed by atoms with E-state index in [9.17, 15) is 13.6 Å². The molecule has 60 valence electrons. The Hall–Kier alpha value is -1.26. The summed E-state index contributed by atoms with van der Waals surface area (Å²) in [7, 11) is 0. The van der Waals surface area contributed by atoms with Crippen LogP contribution in [-0.2, 0) is 0 Å². The Labute approximate surface area is 61.0 Å². The minimum atomic E-state index is -3.01. The molecule has 0 atom stereocenters. The van der Waals surface area contributed by atoms with Gasteiger partial charge in [-0.3, -0.25) is 4.79 Å². The number of rotatable bonds is 2. The van der Waals surface area contributed by atoms with E-state index < -0.39 is 12.2 Å². The van der Waals surface area contributed by atoms with Crippen LogP contribution in [0.3, 0.4) is 0 Å². The molecule has 0 aliphatic rings. The van der Waals surface area contributed by atoms with Crippen LogP contribution in [0.15, 0.2) is 10.6 Å². The lowest BCUT2D eigenvalue weighted by Gasteiger charge is -1.89. The van der Waals surface area contributed by atoms with Crippen LogP contribution in [0.25, 0.3) is 0 Å². The Morgan fingerprint density at radius 2 is 2.36 bits per heavy atom. The zero-order valence-electron chi connectivity index (χ0n) is 5.67. The largest absolute Gasteiger partial charge is 0.361 e. The van der Waals surface area contributed by atoms with E-state index in [0.29, 0.717) is 5.76 Å². The third-order valence-electron chi connectivity index (χ3n) is 1.08. The third-order valence-corrected chi connectivity index (χ3v) is 1.08. The smallest absolute Gasteiger partial charge is 0.302 e. The van der Waals surface area contributed by atoms with Crippen LogP contribution in [0.5, 0.6) is 0 Å². The standard InChI is InChI=1S/C6H5F2NO2/c1-3-2-4(9-11-3)5(10)6(7)8/h2,6H,1H3. The first-order valence-electron chi connectivity index (χ1n) is 2.87. The molecule has 1 aromatic rings. The number of aromatic nitrogens is 1. The Morgan fingerprint density at radius 3 is 2.73 bits per heavy atom. The molecule has 1 rings (SSSR count). The normalized spacial score (nSPS) is 10.5. The summed E-state index contributed by atoms with van der Waals surface area (Å²) in [6.45, 7) is 1.52. The highest BCUT2D eigenvalue weighted by molar-refractivity contribution is 5.96. The molecule has 0 bridgehead atoms. The van der Waals surface area contributed by atoms with Crippen molar-refractivity contribution in [1.29, 1.82) is 0 Å². The van der Waals surface area contributed by atoms with E-state index in [1.165, 1.54) is 13.0 Å². The summed E-state index contributed by atoms with van der Waals surface area (Å²) in [5, 5.41) is 3.13. The summed E-state index contributed by atoms with van der Waals surface area (Å²) >= 11 is 0. The fourth-order valence-corrected chi connectivity index (χ4v) is 0.594. The number of nitrogens with zero attached hydrogens (tertiary/aromatic N) is 1. The summed E-state index contributed by atoms with van der Waals surface area (Å²) in [5.41, 5.74) is -0.322. The molecule has 5 heteroatoms. The second-order valence-corrected chi connectivity index (χ2v) is 1.99. The highest BCUT2D eigenvalue weighted by Gasteiger charge is 2.20. The second-order valence-electron chi connectivity index (χ2n) is 1.99. The molecule has 0 aliphatic heterocycles. The molecule has 0 aromatic carbocycles. The molecule has 0 saturated carbocycles. The minimum Gasteiger partial charge on any atom is -0.361 e. The van der Waals surface area contributed by atoms with Gasteiger partial charge in [-0.15, -0.1) is 0 Å². The summed E-state index contributed by atoms with van der Waals surface area (Å²) in [4.78, 5) is 10.5. The van der Waals surface area contributed by atoms with Gasteiger partial charge in [-0.05, 0) is 6.92 Å². The molecule has 0 N–H and O–H groups in total. The van der Waals surface area contributed by atoms with E-state index in [-0.39, 0.29) is 5.69 Å². The van der Waals surface area contributed by atoms with Crippen molar-refractivity contribution < 1.29 is 18.1 Å². The van der Waals surface area contributed by atoms with Crippen LogP contribution < -0.4 is 0 Å². The molecule has 0 amide bonds. The van der Waals surface area contributed by atoms with Gasteiger partial charge in [-0.2, -0.15) is 0 Å². The molecule has 11 heavy (non-hydrogen) atoms. The summed E-state index contributed by atoms with van der Waals surface area (Å²) < 4.78 is 27.8. The number of Topliss-reactive ketones (excluding diaryl/α,β-unsaturated/α-hetero) is 1. The van der Waals surface area contributed by atoms with Gasteiger partial charge < -0.3 is 4.52 Å². The average molecular weight is 161 g/mol. The molecule has 1 aromatic heterocycles. The van der Waals surface area contributed by atoms with Gasteiger partial charge in [0.2, 0.25) is 0 Å². The van der Waals surface area contributed by atoms with Crippen molar-refractivity contribution in [2.24, 2.45) is 0 Å². The molecule has 0 saturated heterocycles. The van der Waals surface area contributed by atoms with Crippen LogP contribution >= 0.6 is 0 Å². The van der Waals surface area contributed by atoms with Gasteiger partial charge >= 0.3 is 6.43 Å². The summed E-state index contributed by atoms with van der Waals surface area (Å²) in [5.74, 6) is -0.962. The molecule has 0 radical (unpaired) electrons. The Morgan fingerprint density at radius 1 is 1.73 bits per heavy atom. The number of hydrogen-bond donors (Lipinski definition) is 0. The highest BCUT2D eigenvalue weighted by atomic mass is 19.3. The number of ketones is 1. The van der Waals surface area contributed by atoms with Crippen molar-refractivity contribution in [3.8, 4) is 0 Å². The lowest BCUT2D eigenvalue weighted by atomic mass is 10.3. The van der Waals surface area contributed by atoms with Crippen molar-refractivity contribution in [3.63, 3.8) is 0 Å². The van der Waals surface area contributed by atoms with Gasteiger partial charge in [0.25, 0.3) is 5.78 Å². The van der Waals surface area contributed by atoms with Crippen LogP contribution in [0.4, 0.5) is 8.78 Å². The van der Waals surface area contributed by atoms with Gasteiger partial charge in [-0.25, -0.2) is 8.78 Å². The van der Waals surface area contributed by atoms with Crippen LogP contribution in [0.2, 0.25) is 0 Å². The zero-order valence-corrected chi connectivity index (χ0v) is 5.67. The maximum Gasteiger partial charge on any atom is 0.302 e. The number of aryl methyl sites for hydroxylation is 1. The zero-order chi connectivity index (χ0) is 8.43. The van der Waals surface area contributed by atoms with Crippen LogP contribution in [0.1, 0.15) is 16.2 Å². The summed E-state index contributed by atoms with van der Waals surface area (Å²) in [6, 6.07) is 1.18. The van der Waals surface area contributed by atoms with Gasteiger partial charge in [0.05, 0.1) is 0 Å². The molecule has 0 spiro atoms. The van der Waals surface area contributed by atoms with E-state index in [0.717, 1.165) is 0 Å². The van der Waals surface area contributed by atoms with E-state index in [1.54, 1.807) is 0 Å². The highest BCUT2D eigenvalue weighted by Crippen LogP contribution is 2.07. The van der Waals surface area contributed by atoms with Crippen molar-refractivity contribution in [3.05, 3.63) is 17.5 Å². The van der Waals surface area contributed by atoms with E-state index in [2.05, 4.69) is 9.68 Å². The van der Waals surface area contributed by atoms with Gasteiger partial charge in [0.1, 0.15) is 5.76 Å².